The van der Waals surface area contributed by atoms with Gasteiger partial charge in [0.1, 0.15) is 5.54 Å². The Kier molecular flexibility index (Phi) is 3.66. The van der Waals surface area contributed by atoms with E-state index < -0.39 is 11.5 Å². The highest BCUT2D eigenvalue weighted by Crippen LogP contribution is 2.33. The SMILES string of the molecule is CCC1(C(=O)O)CCCN1Cc1ccc(C)nc1. The van der Waals surface area contributed by atoms with Crippen LogP contribution in [-0.4, -0.2) is 33.0 Å². The number of nitrogens with zero attached hydrogens (tertiary/aromatic N) is 2. The second kappa shape index (κ2) is 5.06. The summed E-state index contributed by atoms with van der Waals surface area (Å²) in [4.78, 5) is 17.9. The third-order valence-electron chi connectivity index (χ3n) is 3.95. The number of aromatic nitrogens is 1. The summed E-state index contributed by atoms with van der Waals surface area (Å²) in [6.07, 6.45) is 4.20. The molecule has 0 amide bonds. The molecule has 0 aliphatic carbocycles. The van der Waals surface area contributed by atoms with Gasteiger partial charge < -0.3 is 5.11 Å². The number of pyridine rings is 1. The maximum atomic E-state index is 11.6. The molecular formula is C14H20N2O2. The summed E-state index contributed by atoms with van der Waals surface area (Å²) in [6, 6.07) is 4.00. The molecule has 1 saturated heterocycles. The Morgan fingerprint density at radius 2 is 2.33 bits per heavy atom. The molecule has 1 aromatic rings. The van der Waals surface area contributed by atoms with Gasteiger partial charge in [0.15, 0.2) is 0 Å². The smallest absolute Gasteiger partial charge is 0.324 e. The second-order valence-corrected chi connectivity index (χ2v) is 5.02. The van der Waals surface area contributed by atoms with Crippen molar-refractivity contribution in [2.24, 2.45) is 0 Å². The number of aliphatic carboxylic acids is 1. The lowest BCUT2D eigenvalue weighted by atomic mass is 9.92. The third-order valence-corrected chi connectivity index (χ3v) is 3.95. The lowest BCUT2D eigenvalue weighted by molar-refractivity contribution is -0.150. The average molecular weight is 248 g/mol. The lowest BCUT2D eigenvalue weighted by Crippen LogP contribution is -2.49. The van der Waals surface area contributed by atoms with Gasteiger partial charge in [-0.2, -0.15) is 0 Å². The molecule has 4 heteroatoms. The Morgan fingerprint density at radius 3 is 2.89 bits per heavy atom. The van der Waals surface area contributed by atoms with Crippen LogP contribution in [-0.2, 0) is 11.3 Å². The topological polar surface area (TPSA) is 53.4 Å². The van der Waals surface area contributed by atoms with Crippen molar-refractivity contribution in [1.82, 2.24) is 9.88 Å². The fourth-order valence-corrected chi connectivity index (χ4v) is 2.77. The zero-order valence-electron chi connectivity index (χ0n) is 11.0. The van der Waals surface area contributed by atoms with Crippen LogP contribution in [0.5, 0.6) is 0 Å². The van der Waals surface area contributed by atoms with Gasteiger partial charge in [0.25, 0.3) is 0 Å². The van der Waals surface area contributed by atoms with Crippen LogP contribution in [0.2, 0.25) is 0 Å². The molecule has 4 nitrogen and oxygen atoms in total. The van der Waals surface area contributed by atoms with Crippen LogP contribution in [0, 0.1) is 6.92 Å². The number of carbonyl (C=O) groups is 1. The molecule has 0 aromatic carbocycles. The van der Waals surface area contributed by atoms with Crippen molar-refractivity contribution in [3.05, 3.63) is 29.6 Å². The first-order valence-electron chi connectivity index (χ1n) is 6.48. The van der Waals surface area contributed by atoms with Gasteiger partial charge in [-0.3, -0.25) is 14.7 Å². The monoisotopic (exact) mass is 248 g/mol. The Hall–Kier alpha value is -1.42. The summed E-state index contributed by atoms with van der Waals surface area (Å²) in [5, 5.41) is 9.50. The number of carboxylic acid groups (broad SMARTS) is 1. The fourth-order valence-electron chi connectivity index (χ4n) is 2.77. The van der Waals surface area contributed by atoms with E-state index in [0.717, 1.165) is 30.6 Å². The van der Waals surface area contributed by atoms with Crippen LogP contribution in [0.1, 0.15) is 37.4 Å². The minimum Gasteiger partial charge on any atom is -0.480 e. The van der Waals surface area contributed by atoms with Gasteiger partial charge in [-0.05, 0) is 44.4 Å². The molecule has 0 spiro atoms. The van der Waals surface area contributed by atoms with E-state index in [4.69, 9.17) is 0 Å². The number of hydrogen-bond donors (Lipinski definition) is 1. The number of carboxylic acids is 1. The van der Waals surface area contributed by atoms with Gasteiger partial charge in [-0.25, -0.2) is 0 Å². The summed E-state index contributed by atoms with van der Waals surface area (Å²) >= 11 is 0. The van der Waals surface area contributed by atoms with Gasteiger partial charge in [0.05, 0.1) is 0 Å². The predicted octanol–water partition coefficient (Wildman–Crippen LogP) is 2.22. The lowest BCUT2D eigenvalue weighted by Gasteiger charge is -2.33. The first-order valence-corrected chi connectivity index (χ1v) is 6.48. The molecule has 1 aliphatic rings. The zero-order valence-corrected chi connectivity index (χ0v) is 11.0. The van der Waals surface area contributed by atoms with Crippen LogP contribution in [0.25, 0.3) is 0 Å². The van der Waals surface area contributed by atoms with Crippen molar-refractivity contribution in [3.8, 4) is 0 Å². The summed E-state index contributed by atoms with van der Waals surface area (Å²) in [7, 11) is 0. The van der Waals surface area contributed by atoms with E-state index in [2.05, 4.69) is 9.88 Å². The molecule has 1 fully saturated rings. The van der Waals surface area contributed by atoms with Gasteiger partial charge >= 0.3 is 5.97 Å². The third kappa shape index (κ3) is 2.25. The Balaban J connectivity index is 2.17. The molecule has 2 heterocycles. The number of aryl methyl sites for hydroxylation is 1. The van der Waals surface area contributed by atoms with Gasteiger partial charge in [0, 0.05) is 18.4 Å². The minimum absolute atomic E-state index is 0.654. The van der Waals surface area contributed by atoms with Crippen molar-refractivity contribution < 1.29 is 9.90 Å². The Bertz CT molecular complexity index is 430. The molecule has 0 radical (unpaired) electrons. The van der Waals surface area contributed by atoms with Crippen molar-refractivity contribution in [2.45, 2.75) is 45.2 Å². The van der Waals surface area contributed by atoms with E-state index in [1.165, 1.54) is 0 Å². The van der Waals surface area contributed by atoms with Crippen LogP contribution in [0.3, 0.4) is 0 Å². The van der Waals surface area contributed by atoms with E-state index in [9.17, 15) is 9.90 Å². The zero-order chi connectivity index (χ0) is 13.2. The first kappa shape index (κ1) is 13.0. The number of hydrogen-bond acceptors (Lipinski definition) is 3. The molecule has 18 heavy (non-hydrogen) atoms. The van der Waals surface area contributed by atoms with Crippen LogP contribution in [0.4, 0.5) is 0 Å². The van der Waals surface area contributed by atoms with Gasteiger partial charge in [-0.15, -0.1) is 0 Å². The number of likely N-dealkylation sites (tertiary alicyclic amines) is 1. The highest BCUT2D eigenvalue weighted by molar-refractivity contribution is 5.79. The van der Waals surface area contributed by atoms with E-state index in [-0.39, 0.29) is 0 Å². The van der Waals surface area contributed by atoms with Crippen molar-refractivity contribution in [3.63, 3.8) is 0 Å². The van der Waals surface area contributed by atoms with E-state index in [1.54, 1.807) is 0 Å². The maximum absolute atomic E-state index is 11.6. The Labute approximate surface area is 108 Å². The summed E-state index contributed by atoms with van der Waals surface area (Å²) in [5.41, 5.74) is 1.40. The first-order chi connectivity index (χ1) is 8.58. The molecule has 0 saturated carbocycles. The van der Waals surface area contributed by atoms with Crippen LogP contribution >= 0.6 is 0 Å². The van der Waals surface area contributed by atoms with Crippen molar-refractivity contribution >= 4 is 5.97 Å². The molecule has 1 aliphatic heterocycles. The highest BCUT2D eigenvalue weighted by Gasteiger charge is 2.45. The molecule has 1 aromatic heterocycles. The van der Waals surface area contributed by atoms with Gasteiger partial charge in [-0.1, -0.05) is 13.0 Å². The normalized spacial score (nSPS) is 24.3. The van der Waals surface area contributed by atoms with E-state index >= 15 is 0 Å². The molecule has 1 atom stereocenters. The standard InChI is InChI=1S/C14H20N2O2/c1-3-14(13(17)18)7-4-8-16(14)10-12-6-5-11(2)15-9-12/h5-6,9H,3-4,7-8,10H2,1-2H3,(H,17,18). The average Bonchev–Trinajstić information content (AvgIpc) is 2.76. The fraction of sp³-hybridized carbons (Fsp3) is 0.571. The van der Waals surface area contributed by atoms with E-state index in [1.807, 2.05) is 32.2 Å². The Morgan fingerprint density at radius 1 is 1.56 bits per heavy atom. The predicted molar refractivity (Wildman–Crippen MR) is 69.3 cm³/mol. The summed E-state index contributed by atoms with van der Waals surface area (Å²) < 4.78 is 0. The number of rotatable bonds is 4. The largest absolute Gasteiger partial charge is 0.480 e. The quantitative estimate of drug-likeness (QED) is 0.887. The highest BCUT2D eigenvalue weighted by atomic mass is 16.4. The van der Waals surface area contributed by atoms with Crippen LogP contribution < -0.4 is 0 Å². The van der Waals surface area contributed by atoms with Gasteiger partial charge in [0.2, 0.25) is 0 Å². The summed E-state index contributed by atoms with van der Waals surface area (Å²) in [5.74, 6) is -0.692. The molecule has 0 bridgehead atoms. The molecule has 1 N–H and O–H groups in total. The molecule has 98 valence electrons. The second-order valence-electron chi connectivity index (χ2n) is 5.02. The molecular weight excluding hydrogens is 228 g/mol. The maximum Gasteiger partial charge on any atom is 0.324 e. The molecule has 1 unspecified atom stereocenters. The van der Waals surface area contributed by atoms with Crippen molar-refractivity contribution in [2.75, 3.05) is 6.54 Å². The van der Waals surface area contributed by atoms with Crippen molar-refractivity contribution in [1.29, 1.82) is 0 Å². The minimum atomic E-state index is -0.692. The van der Waals surface area contributed by atoms with E-state index in [0.29, 0.717) is 13.0 Å². The summed E-state index contributed by atoms with van der Waals surface area (Å²) in [6.45, 7) is 5.44. The molecule has 2 rings (SSSR count). The van der Waals surface area contributed by atoms with Crippen LogP contribution in [0.15, 0.2) is 18.3 Å².